The highest BCUT2D eigenvalue weighted by atomic mass is 16.5. The number of piperidine rings is 1. The Morgan fingerprint density at radius 1 is 1.25 bits per heavy atom. The summed E-state index contributed by atoms with van der Waals surface area (Å²) in [6, 6.07) is 0.310. The lowest BCUT2D eigenvalue weighted by atomic mass is 10.1. The average Bonchev–Trinajstić information content (AvgIpc) is 2.53. The fourth-order valence-electron chi connectivity index (χ4n) is 2.09. The minimum atomic E-state index is 0.310. The van der Waals surface area contributed by atoms with Crippen molar-refractivity contribution in [3.05, 3.63) is 0 Å². The van der Waals surface area contributed by atoms with Gasteiger partial charge in [0, 0.05) is 6.42 Å². The summed E-state index contributed by atoms with van der Waals surface area (Å²) in [5, 5.41) is 7.58. The van der Waals surface area contributed by atoms with E-state index in [9.17, 15) is 0 Å². The molecule has 0 aromatic carbocycles. The van der Waals surface area contributed by atoms with E-state index in [4.69, 9.17) is 10.1 Å². The number of nitrogens with zero attached hydrogens (tertiary/aromatic N) is 1. The number of likely N-dealkylation sites (tertiary alicyclic amines) is 1. The third kappa shape index (κ3) is 1.46. The largest absolute Gasteiger partial charge is 0.480 e. The van der Waals surface area contributed by atoms with Gasteiger partial charge in [-0.15, -0.1) is 0 Å². The summed E-state index contributed by atoms with van der Waals surface area (Å²) in [7, 11) is 0. The van der Waals surface area contributed by atoms with Gasteiger partial charge in [-0.2, -0.15) is 0 Å². The Morgan fingerprint density at radius 2 is 2.00 bits per heavy atom. The number of nitrogens with one attached hydrogen (secondary N) is 1. The van der Waals surface area contributed by atoms with Gasteiger partial charge in [0.2, 0.25) is 0 Å². The van der Waals surface area contributed by atoms with Gasteiger partial charge in [0.15, 0.2) is 5.90 Å². The topological polar surface area (TPSA) is 36.3 Å². The summed E-state index contributed by atoms with van der Waals surface area (Å²) in [6.07, 6.45) is 4.98. The van der Waals surface area contributed by atoms with Gasteiger partial charge >= 0.3 is 0 Å². The van der Waals surface area contributed by atoms with E-state index in [-0.39, 0.29) is 0 Å². The van der Waals surface area contributed by atoms with E-state index in [0.717, 1.165) is 26.1 Å². The van der Waals surface area contributed by atoms with Crippen LogP contribution in [0.2, 0.25) is 0 Å². The predicted molar refractivity (Wildman–Crippen MR) is 47.5 cm³/mol. The third-order valence-corrected chi connectivity index (χ3v) is 2.78. The molecule has 12 heavy (non-hydrogen) atoms. The maximum Gasteiger partial charge on any atom is 0.198 e. The molecule has 3 heteroatoms. The zero-order valence-electron chi connectivity index (χ0n) is 7.38. The van der Waals surface area contributed by atoms with Crippen molar-refractivity contribution in [3.63, 3.8) is 0 Å². The van der Waals surface area contributed by atoms with Crippen LogP contribution in [0, 0.1) is 5.41 Å². The van der Waals surface area contributed by atoms with Crippen LogP contribution in [-0.2, 0) is 4.74 Å². The van der Waals surface area contributed by atoms with Crippen molar-refractivity contribution in [1.82, 2.24) is 4.90 Å². The van der Waals surface area contributed by atoms with Crippen LogP contribution in [0.15, 0.2) is 0 Å². The maximum atomic E-state index is 7.58. The van der Waals surface area contributed by atoms with Crippen LogP contribution < -0.4 is 0 Å². The van der Waals surface area contributed by atoms with Crippen molar-refractivity contribution in [1.29, 1.82) is 5.41 Å². The molecule has 0 aromatic heterocycles. The van der Waals surface area contributed by atoms with Crippen molar-refractivity contribution >= 4 is 5.90 Å². The predicted octanol–water partition coefficient (Wildman–Crippen LogP) is 1.24. The van der Waals surface area contributed by atoms with Crippen LogP contribution in [0.1, 0.15) is 25.7 Å². The first-order valence-corrected chi connectivity index (χ1v) is 4.83. The highest BCUT2D eigenvalue weighted by Crippen LogP contribution is 2.19. The minimum Gasteiger partial charge on any atom is -0.480 e. The van der Waals surface area contributed by atoms with E-state index in [0.29, 0.717) is 11.9 Å². The summed E-state index contributed by atoms with van der Waals surface area (Å²) in [5.74, 6) is 0.497. The molecule has 2 aliphatic heterocycles. The third-order valence-electron chi connectivity index (χ3n) is 2.78. The van der Waals surface area contributed by atoms with Crippen LogP contribution >= 0.6 is 0 Å². The van der Waals surface area contributed by atoms with Gasteiger partial charge in [0.25, 0.3) is 0 Å². The Labute approximate surface area is 73.2 Å². The summed E-state index contributed by atoms with van der Waals surface area (Å²) in [6.45, 7) is 3.08. The molecule has 2 aliphatic rings. The zero-order valence-corrected chi connectivity index (χ0v) is 7.38. The zero-order chi connectivity index (χ0) is 8.39. The first-order valence-electron chi connectivity index (χ1n) is 4.83. The van der Waals surface area contributed by atoms with Crippen molar-refractivity contribution in [2.45, 2.75) is 31.7 Å². The number of hydrogen-bond acceptors (Lipinski definition) is 3. The van der Waals surface area contributed by atoms with Crippen LogP contribution in [-0.4, -0.2) is 36.5 Å². The second-order valence-corrected chi connectivity index (χ2v) is 3.61. The highest BCUT2D eigenvalue weighted by Gasteiger charge is 2.29. The molecule has 2 fully saturated rings. The Hall–Kier alpha value is -0.570. The molecular formula is C9H16N2O. The lowest BCUT2D eigenvalue weighted by molar-refractivity contribution is 0.201. The van der Waals surface area contributed by atoms with E-state index in [1.807, 2.05) is 0 Å². The van der Waals surface area contributed by atoms with Crippen molar-refractivity contribution in [3.8, 4) is 0 Å². The molecule has 2 heterocycles. The van der Waals surface area contributed by atoms with Crippen molar-refractivity contribution < 1.29 is 4.74 Å². The second-order valence-electron chi connectivity index (χ2n) is 3.61. The molecule has 0 radical (unpaired) electrons. The van der Waals surface area contributed by atoms with Gasteiger partial charge in [0.1, 0.15) is 0 Å². The molecule has 1 unspecified atom stereocenters. The Bertz CT molecular complexity index is 175. The number of hydrogen-bond donors (Lipinski definition) is 1. The fourth-order valence-corrected chi connectivity index (χ4v) is 2.09. The molecule has 2 saturated heterocycles. The summed E-state index contributed by atoms with van der Waals surface area (Å²) < 4.78 is 5.16. The second kappa shape index (κ2) is 3.44. The maximum absolute atomic E-state index is 7.58. The Morgan fingerprint density at radius 3 is 2.58 bits per heavy atom. The van der Waals surface area contributed by atoms with E-state index < -0.39 is 0 Å². The van der Waals surface area contributed by atoms with E-state index in [2.05, 4.69) is 4.90 Å². The van der Waals surface area contributed by atoms with Gasteiger partial charge in [-0.25, -0.2) is 0 Å². The summed E-state index contributed by atoms with van der Waals surface area (Å²) in [4.78, 5) is 2.40. The first-order chi connectivity index (χ1) is 5.88. The monoisotopic (exact) mass is 168 g/mol. The molecule has 1 atom stereocenters. The van der Waals surface area contributed by atoms with E-state index >= 15 is 0 Å². The van der Waals surface area contributed by atoms with Crippen molar-refractivity contribution in [2.24, 2.45) is 0 Å². The van der Waals surface area contributed by atoms with Gasteiger partial charge < -0.3 is 4.74 Å². The standard InChI is InChI=1S/C9H16N2O/c10-9-8(4-7-12-9)11-5-2-1-3-6-11/h8,10H,1-7H2. The molecule has 0 saturated carbocycles. The summed E-state index contributed by atoms with van der Waals surface area (Å²) >= 11 is 0. The smallest absolute Gasteiger partial charge is 0.198 e. The average molecular weight is 168 g/mol. The molecule has 0 amide bonds. The number of ether oxygens (including phenoxy) is 1. The quantitative estimate of drug-likeness (QED) is 0.639. The molecule has 0 bridgehead atoms. The molecular weight excluding hydrogens is 152 g/mol. The molecule has 1 N–H and O–H groups in total. The van der Waals surface area contributed by atoms with E-state index in [1.165, 1.54) is 19.3 Å². The molecule has 0 aliphatic carbocycles. The summed E-state index contributed by atoms with van der Waals surface area (Å²) in [5.41, 5.74) is 0. The van der Waals surface area contributed by atoms with E-state index in [1.54, 1.807) is 0 Å². The molecule has 3 nitrogen and oxygen atoms in total. The van der Waals surface area contributed by atoms with Gasteiger partial charge in [0.05, 0.1) is 12.6 Å². The van der Waals surface area contributed by atoms with Crippen LogP contribution in [0.25, 0.3) is 0 Å². The Balaban J connectivity index is 1.93. The van der Waals surface area contributed by atoms with Crippen LogP contribution in [0.5, 0.6) is 0 Å². The van der Waals surface area contributed by atoms with Gasteiger partial charge in [-0.1, -0.05) is 6.42 Å². The molecule has 68 valence electrons. The highest BCUT2D eigenvalue weighted by molar-refractivity contribution is 5.80. The lowest BCUT2D eigenvalue weighted by Gasteiger charge is -2.30. The van der Waals surface area contributed by atoms with Crippen LogP contribution in [0.3, 0.4) is 0 Å². The normalized spacial score (nSPS) is 32.0. The molecule has 0 aromatic rings. The molecule has 0 spiro atoms. The lowest BCUT2D eigenvalue weighted by Crippen LogP contribution is -2.41. The SMILES string of the molecule is N=C1OCCC1N1CCCCC1. The Kier molecular flexibility index (Phi) is 2.30. The van der Waals surface area contributed by atoms with Gasteiger partial charge in [-0.05, 0) is 25.9 Å². The minimum absolute atomic E-state index is 0.310. The molecule has 2 rings (SSSR count). The first kappa shape index (κ1) is 8.05. The number of rotatable bonds is 1. The van der Waals surface area contributed by atoms with Crippen LogP contribution in [0.4, 0.5) is 0 Å². The van der Waals surface area contributed by atoms with Gasteiger partial charge in [-0.3, -0.25) is 10.3 Å². The van der Waals surface area contributed by atoms with Crippen molar-refractivity contribution in [2.75, 3.05) is 19.7 Å². The fraction of sp³-hybridized carbons (Fsp3) is 0.889.